The van der Waals surface area contributed by atoms with Gasteiger partial charge in [0.25, 0.3) is 0 Å². The minimum atomic E-state index is -0.523. The fourth-order valence-corrected chi connectivity index (χ4v) is 1.82. The van der Waals surface area contributed by atoms with Crippen molar-refractivity contribution in [3.05, 3.63) is 0 Å². The monoisotopic (exact) mass is 270 g/mol. The van der Waals surface area contributed by atoms with Crippen LogP contribution in [0.2, 0.25) is 0 Å². The van der Waals surface area contributed by atoms with E-state index in [2.05, 4.69) is 5.32 Å². The van der Waals surface area contributed by atoms with Crippen LogP contribution in [0, 0.1) is 5.92 Å². The zero-order chi connectivity index (χ0) is 14.6. The number of rotatable bonds is 4. The lowest BCUT2D eigenvalue weighted by Gasteiger charge is -2.22. The van der Waals surface area contributed by atoms with E-state index in [1.165, 1.54) is 4.90 Å². The lowest BCUT2D eigenvalue weighted by molar-refractivity contribution is -0.128. The van der Waals surface area contributed by atoms with Gasteiger partial charge < -0.3 is 15.0 Å². The molecule has 1 atom stereocenters. The van der Waals surface area contributed by atoms with Gasteiger partial charge in [-0.3, -0.25) is 9.59 Å². The third-order valence-electron chi connectivity index (χ3n) is 2.59. The molecule has 0 saturated carbocycles. The van der Waals surface area contributed by atoms with E-state index in [0.29, 0.717) is 13.1 Å². The number of hydrogen-bond donors (Lipinski definition) is 1. The fraction of sp³-hybridized carbons (Fsp3) is 0.769. The summed E-state index contributed by atoms with van der Waals surface area (Å²) < 4.78 is 5.11. The second-order valence-corrected chi connectivity index (χ2v) is 5.98. The summed E-state index contributed by atoms with van der Waals surface area (Å²) in [5.41, 5.74) is -0.523. The topological polar surface area (TPSA) is 75.7 Å². The van der Waals surface area contributed by atoms with Gasteiger partial charge in [-0.2, -0.15) is 0 Å². The van der Waals surface area contributed by atoms with Crippen LogP contribution in [-0.4, -0.2) is 47.9 Å². The normalized spacial score (nSPS) is 17.6. The van der Waals surface area contributed by atoms with Gasteiger partial charge in [-0.15, -0.1) is 0 Å². The maximum absolute atomic E-state index is 11.4. The number of alkyl carbamates (subject to hydrolysis) is 1. The Morgan fingerprint density at radius 2 is 2.05 bits per heavy atom. The molecular weight excluding hydrogens is 248 g/mol. The van der Waals surface area contributed by atoms with Gasteiger partial charge in [-0.05, 0) is 26.7 Å². The number of ether oxygens (including phenoxy) is 1. The number of carbonyl (C=O) groups is 3. The van der Waals surface area contributed by atoms with E-state index < -0.39 is 11.7 Å². The fourth-order valence-electron chi connectivity index (χ4n) is 1.82. The van der Waals surface area contributed by atoms with E-state index in [9.17, 15) is 14.4 Å². The summed E-state index contributed by atoms with van der Waals surface area (Å²) in [5, 5.41) is 2.65. The first kappa shape index (κ1) is 15.5. The molecular formula is C13H22N2O4. The second kappa shape index (κ2) is 6.04. The van der Waals surface area contributed by atoms with Gasteiger partial charge in [0.1, 0.15) is 5.60 Å². The predicted octanol–water partition coefficient (Wildman–Crippen LogP) is 0.949. The van der Waals surface area contributed by atoms with Crippen LogP contribution >= 0.6 is 0 Å². The zero-order valence-electron chi connectivity index (χ0n) is 12.0. The smallest absolute Gasteiger partial charge is 0.407 e. The van der Waals surface area contributed by atoms with E-state index in [0.717, 1.165) is 0 Å². The Balaban J connectivity index is 2.28. The van der Waals surface area contributed by atoms with Crippen molar-refractivity contribution in [2.24, 2.45) is 5.92 Å². The van der Waals surface area contributed by atoms with E-state index in [1.807, 2.05) is 6.92 Å². The first-order valence-corrected chi connectivity index (χ1v) is 6.43. The van der Waals surface area contributed by atoms with Crippen molar-refractivity contribution >= 4 is 17.8 Å². The summed E-state index contributed by atoms with van der Waals surface area (Å²) in [6, 6.07) is 0. The van der Waals surface area contributed by atoms with Gasteiger partial charge in [0.2, 0.25) is 5.91 Å². The Kier molecular flexibility index (Phi) is 4.91. The van der Waals surface area contributed by atoms with Gasteiger partial charge in [-0.1, -0.05) is 6.92 Å². The lowest BCUT2D eigenvalue weighted by atomic mass is 10.1. The Labute approximate surface area is 113 Å². The minimum Gasteiger partial charge on any atom is -0.444 e. The van der Waals surface area contributed by atoms with Crippen LogP contribution < -0.4 is 5.32 Å². The molecule has 0 bridgehead atoms. The van der Waals surface area contributed by atoms with Crippen LogP contribution in [0.15, 0.2) is 0 Å². The average Bonchev–Trinajstić information content (AvgIpc) is 2.52. The van der Waals surface area contributed by atoms with Crippen LogP contribution in [0.3, 0.4) is 0 Å². The third-order valence-corrected chi connectivity index (χ3v) is 2.59. The summed E-state index contributed by atoms with van der Waals surface area (Å²) in [6.07, 6.45) is -0.463. The van der Waals surface area contributed by atoms with Crippen molar-refractivity contribution in [1.29, 1.82) is 0 Å². The van der Waals surface area contributed by atoms with Crippen LogP contribution in [0.4, 0.5) is 4.79 Å². The Hall–Kier alpha value is -1.59. The quantitative estimate of drug-likeness (QED) is 0.772. The number of likely N-dealkylation sites (tertiary alicyclic amines) is 1. The maximum atomic E-state index is 11.4. The molecule has 0 spiro atoms. The number of hydrogen-bond acceptors (Lipinski definition) is 4. The molecule has 6 heteroatoms. The van der Waals surface area contributed by atoms with E-state index >= 15 is 0 Å². The predicted molar refractivity (Wildman–Crippen MR) is 69.6 cm³/mol. The highest BCUT2D eigenvalue weighted by Crippen LogP contribution is 2.10. The van der Waals surface area contributed by atoms with E-state index in [4.69, 9.17) is 4.74 Å². The van der Waals surface area contributed by atoms with Crippen molar-refractivity contribution in [3.8, 4) is 0 Å². The van der Waals surface area contributed by atoms with Crippen molar-refractivity contribution < 1.29 is 19.1 Å². The molecule has 108 valence electrons. The standard InChI is InChI=1S/C13H22N2O4/c1-9(6-14-12(18)19-13(2,3)4)7-15-8-10(16)5-11(15)17/h9H,5-8H2,1-4H3,(H,14,18). The number of ketones is 1. The first-order chi connectivity index (χ1) is 8.67. The van der Waals surface area contributed by atoms with Crippen molar-refractivity contribution in [1.82, 2.24) is 10.2 Å². The van der Waals surface area contributed by atoms with Crippen LogP contribution in [0.1, 0.15) is 34.1 Å². The Morgan fingerprint density at radius 3 is 2.53 bits per heavy atom. The molecule has 1 fully saturated rings. The highest BCUT2D eigenvalue weighted by atomic mass is 16.6. The maximum Gasteiger partial charge on any atom is 0.407 e. The highest BCUT2D eigenvalue weighted by Gasteiger charge is 2.28. The molecule has 0 aromatic heterocycles. The molecule has 1 N–H and O–H groups in total. The number of amides is 2. The third kappa shape index (κ3) is 5.72. The molecule has 1 saturated heterocycles. The van der Waals surface area contributed by atoms with Gasteiger partial charge in [0.15, 0.2) is 5.78 Å². The number of nitrogens with zero attached hydrogens (tertiary/aromatic N) is 1. The second-order valence-electron chi connectivity index (χ2n) is 5.98. The largest absolute Gasteiger partial charge is 0.444 e. The van der Waals surface area contributed by atoms with E-state index in [1.54, 1.807) is 20.8 Å². The Morgan fingerprint density at radius 1 is 1.42 bits per heavy atom. The summed E-state index contributed by atoms with van der Waals surface area (Å²) in [5.74, 6) is -0.103. The molecule has 0 aliphatic carbocycles. The van der Waals surface area contributed by atoms with Gasteiger partial charge in [0, 0.05) is 13.1 Å². The molecule has 1 aliphatic rings. The van der Waals surface area contributed by atoms with Crippen molar-refractivity contribution in [2.75, 3.05) is 19.6 Å². The van der Waals surface area contributed by atoms with Crippen molar-refractivity contribution in [3.63, 3.8) is 0 Å². The SMILES string of the molecule is CC(CNC(=O)OC(C)(C)C)CN1CC(=O)CC1=O. The van der Waals surface area contributed by atoms with Crippen molar-refractivity contribution in [2.45, 2.75) is 39.7 Å². The number of carbonyl (C=O) groups excluding carboxylic acids is 3. The molecule has 0 radical (unpaired) electrons. The summed E-state index contributed by atoms with van der Waals surface area (Å²) in [4.78, 5) is 35.5. The van der Waals surface area contributed by atoms with Crippen LogP contribution in [0.5, 0.6) is 0 Å². The zero-order valence-corrected chi connectivity index (χ0v) is 12.0. The number of nitrogens with one attached hydrogen (secondary N) is 1. The Bertz CT molecular complexity index is 373. The van der Waals surface area contributed by atoms with E-state index in [-0.39, 0.29) is 30.6 Å². The summed E-state index contributed by atoms with van der Waals surface area (Å²) >= 11 is 0. The lowest BCUT2D eigenvalue weighted by Crippen LogP contribution is -2.38. The molecule has 1 heterocycles. The highest BCUT2D eigenvalue weighted by molar-refractivity contribution is 6.05. The average molecular weight is 270 g/mol. The molecule has 0 aromatic rings. The molecule has 0 aromatic carbocycles. The molecule has 6 nitrogen and oxygen atoms in total. The van der Waals surface area contributed by atoms with Gasteiger partial charge >= 0.3 is 6.09 Å². The van der Waals surface area contributed by atoms with Crippen LogP contribution in [-0.2, 0) is 14.3 Å². The number of Topliss-reactive ketones (excluding diaryl/α,β-unsaturated/α-hetero) is 1. The van der Waals surface area contributed by atoms with Crippen LogP contribution in [0.25, 0.3) is 0 Å². The first-order valence-electron chi connectivity index (χ1n) is 6.43. The molecule has 19 heavy (non-hydrogen) atoms. The van der Waals surface area contributed by atoms with Gasteiger partial charge in [0.05, 0.1) is 13.0 Å². The molecule has 1 unspecified atom stereocenters. The molecule has 1 rings (SSSR count). The summed E-state index contributed by atoms with van der Waals surface area (Å²) in [7, 11) is 0. The summed E-state index contributed by atoms with van der Waals surface area (Å²) in [6.45, 7) is 8.37. The minimum absolute atomic E-state index is 0.00617. The van der Waals surface area contributed by atoms with Gasteiger partial charge in [-0.25, -0.2) is 4.79 Å². The molecule has 2 amide bonds. The molecule has 1 aliphatic heterocycles.